The molecule has 1 saturated carbocycles. The second-order valence-electron chi connectivity index (χ2n) is 13.3. The lowest BCUT2D eigenvalue weighted by Crippen LogP contribution is -2.30. The number of fused-ring (bicyclic) bond motifs is 3. The first-order chi connectivity index (χ1) is 17.1. The monoisotopic (exact) mass is 472 g/mol. The molecule has 1 atom stereocenters. The lowest BCUT2D eigenvalue weighted by atomic mass is 9.76. The molecule has 0 amide bonds. The smallest absolute Gasteiger partial charge is 0.0290 e. The molecule has 0 spiro atoms. The maximum Gasteiger partial charge on any atom is 0.0290 e. The Balaban J connectivity index is 1.80. The molecule has 3 aromatic rings. The number of hydrogen-bond acceptors (Lipinski definition) is 0. The molecule has 3 aromatic carbocycles. The summed E-state index contributed by atoms with van der Waals surface area (Å²) in [6.07, 6.45) is 13.8. The molecule has 184 valence electrons. The average molecular weight is 473 g/mol. The van der Waals surface area contributed by atoms with Crippen LogP contribution in [0.3, 0.4) is 0 Å². The predicted molar refractivity (Wildman–Crippen MR) is 155 cm³/mol. The Morgan fingerprint density at radius 2 is 1.50 bits per heavy atom. The normalized spacial score (nSPS) is 18.6. The van der Waals surface area contributed by atoms with Crippen molar-refractivity contribution >= 4 is 17.7 Å². The van der Waals surface area contributed by atoms with Gasteiger partial charge in [-0.1, -0.05) is 108 Å². The van der Waals surface area contributed by atoms with E-state index in [2.05, 4.69) is 108 Å². The molecule has 3 aliphatic rings. The highest BCUT2D eigenvalue weighted by molar-refractivity contribution is 5.72. The molecule has 3 aliphatic carbocycles. The van der Waals surface area contributed by atoms with Gasteiger partial charge in [0.25, 0.3) is 0 Å². The van der Waals surface area contributed by atoms with Crippen molar-refractivity contribution in [2.24, 2.45) is 0 Å². The van der Waals surface area contributed by atoms with Crippen molar-refractivity contribution in [2.45, 2.75) is 90.4 Å². The third kappa shape index (κ3) is 3.81. The van der Waals surface area contributed by atoms with Gasteiger partial charge in [-0.3, -0.25) is 0 Å². The minimum Gasteiger partial charge on any atom is -0.0720 e. The van der Waals surface area contributed by atoms with Crippen LogP contribution in [-0.4, -0.2) is 0 Å². The van der Waals surface area contributed by atoms with E-state index < -0.39 is 0 Å². The fraction of sp³-hybridized carbons (Fsp3) is 0.389. The largest absolute Gasteiger partial charge is 0.0720 e. The first kappa shape index (κ1) is 23.5. The fourth-order valence-electron chi connectivity index (χ4n) is 6.66. The molecule has 1 unspecified atom stereocenters. The summed E-state index contributed by atoms with van der Waals surface area (Å²) in [5.74, 6) is 0.314. The Kier molecular flexibility index (Phi) is 5.45. The van der Waals surface area contributed by atoms with Crippen LogP contribution in [0.2, 0.25) is 0 Å². The van der Waals surface area contributed by atoms with Gasteiger partial charge in [-0.05, 0) is 103 Å². The van der Waals surface area contributed by atoms with Crippen LogP contribution >= 0.6 is 0 Å². The number of allylic oxidation sites excluding steroid dienone is 1. The van der Waals surface area contributed by atoms with E-state index in [1.165, 1.54) is 75.6 Å². The first-order valence-electron chi connectivity index (χ1n) is 14.0. The van der Waals surface area contributed by atoms with E-state index in [0.29, 0.717) is 5.92 Å². The minimum absolute atomic E-state index is 0.0792. The van der Waals surface area contributed by atoms with Gasteiger partial charge in [0.05, 0.1) is 0 Å². The van der Waals surface area contributed by atoms with Gasteiger partial charge in [-0.25, -0.2) is 0 Å². The van der Waals surface area contributed by atoms with E-state index in [9.17, 15) is 0 Å². The van der Waals surface area contributed by atoms with Gasteiger partial charge in [-0.2, -0.15) is 0 Å². The average Bonchev–Trinajstić information content (AvgIpc) is 3.43. The summed E-state index contributed by atoms with van der Waals surface area (Å²) in [5.41, 5.74) is 10.7. The molecule has 6 rings (SSSR count). The molecule has 0 N–H and O–H groups in total. The zero-order chi connectivity index (χ0) is 25.2. The van der Waals surface area contributed by atoms with Crippen LogP contribution in [0, 0.1) is 10.4 Å². The Hall–Kier alpha value is -2.86. The summed E-state index contributed by atoms with van der Waals surface area (Å²) in [4.78, 5) is 0. The number of rotatable bonds is 1. The summed E-state index contributed by atoms with van der Waals surface area (Å²) in [5, 5.41) is 5.82. The van der Waals surface area contributed by atoms with E-state index in [4.69, 9.17) is 0 Å². The van der Waals surface area contributed by atoms with E-state index in [-0.39, 0.29) is 10.8 Å². The quantitative estimate of drug-likeness (QED) is 0.263. The lowest BCUT2D eigenvalue weighted by molar-refractivity contribution is 0.579. The molecule has 36 heavy (non-hydrogen) atoms. The molecule has 0 bridgehead atoms. The SMILES string of the molecule is CC(C)(C)c1ccc2c(c1)=c1cc(C(C)(C)C)c(=C3CCCCC3)c(C3C=Cc4ccccc43)c1C=2. The summed E-state index contributed by atoms with van der Waals surface area (Å²) in [7, 11) is 0. The molecule has 1 fully saturated rings. The van der Waals surface area contributed by atoms with Crippen LogP contribution in [0.1, 0.15) is 113 Å². The zero-order valence-corrected chi connectivity index (χ0v) is 23.0. The molecule has 0 heterocycles. The summed E-state index contributed by atoms with van der Waals surface area (Å²) in [6.45, 7) is 14.2. The maximum absolute atomic E-state index is 2.58. The molecular weight excluding hydrogens is 432 g/mol. The van der Waals surface area contributed by atoms with Crippen molar-refractivity contribution in [3.63, 3.8) is 0 Å². The van der Waals surface area contributed by atoms with Gasteiger partial charge >= 0.3 is 0 Å². The van der Waals surface area contributed by atoms with E-state index in [1.54, 1.807) is 16.4 Å². The summed E-state index contributed by atoms with van der Waals surface area (Å²) >= 11 is 0. The molecule has 0 nitrogen and oxygen atoms in total. The van der Waals surface area contributed by atoms with Crippen LogP contribution in [0.25, 0.3) is 17.7 Å². The maximum atomic E-state index is 2.58. The van der Waals surface area contributed by atoms with Crippen LogP contribution in [-0.2, 0) is 10.8 Å². The Morgan fingerprint density at radius 1 is 0.750 bits per heavy atom. The lowest BCUT2D eigenvalue weighted by Gasteiger charge is -2.28. The van der Waals surface area contributed by atoms with Crippen molar-refractivity contribution in [2.75, 3.05) is 0 Å². The molecular formula is C36H40. The van der Waals surface area contributed by atoms with Crippen molar-refractivity contribution < 1.29 is 0 Å². The van der Waals surface area contributed by atoms with Gasteiger partial charge in [0.2, 0.25) is 0 Å². The number of benzene rings is 3. The third-order valence-corrected chi connectivity index (χ3v) is 8.65. The standard InChI is InChI=1S/C36H40/c1-35(2,3)26-18-16-25-20-31-30(29(25)21-26)22-32(36(4,5)6)33(24-13-8-7-9-14-24)34(31)28-19-17-23-12-10-11-15-27(23)28/h10-12,15-22,28H,7-9,13-14H2,1-6H3. The highest BCUT2D eigenvalue weighted by Gasteiger charge is 2.29. The van der Waals surface area contributed by atoms with Gasteiger partial charge in [0, 0.05) is 5.92 Å². The molecule has 0 saturated heterocycles. The molecule has 0 radical (unpaired) electrons. The van der Waals surface area contributed by atoms with Gasteiger partial charge < -0.3 is 0 Å². The van der Waals surface area contributed by atoms with Gasteiger partial charge in [-0.15, -0.1) is 0 Å². The van der Waals surface area contributed by atoms with Crippen LogP contribution < -0.4 is 10.4 Å². The van der Waals surface area contributed by atoms with E-state index in [1.807, 2.05) is 0 Å². The second-order valence-corrected chi connectivity index (χ2v) is 13.3. The van der Waals surface area contributed by atoms with Gasteiger partial charge in [0.1, 0.15) is 0 Å². The molecule has 0 aromatic heterocycles. The molecule has 0 aliphatic heterocycles. The first-order valence-corrected chi connectivity index (χ1v) is 14.0. The highest BCUT2D eigenvalue weighted by Crippen LogP contribution is 2.39. The minimum atomic E-state index is 0.0792. The Morgan fingerprint density at radius 3 is 2.22 bits per heavy atom. The van der Waals surface area contributed by atoms with Crippen molar-refractivity contribution in [3.05, 3.63) is 109 Å². The van der Waals surface area contributed by atoms with Crippen molar-refractivity contribution in [1.82, 2.24) is 0 Å². The second kappa shape index (κ2) is 8.34. The molecule has 0 heteroatoms. The summed E-state index contributed by atoms with van der Waals surface area (Å²) < 4.78 is 0. The van der Waals surface area contributed by atoms with Crippen LogP contribution in [0.15, 0.2) is 54.6 Å². The fourth-order valence-corrected chi connectivity index (χ4v) is 6.66. The zero-order valence-electron chi connectivity index (χ0n) is 23.0. The highest BCUT2D eigenvalue weighted by atomic mass is 14.3. The Labute approximate surface area is 216 Å². The van der Waals surface area contributed by atoms with Crippen LogP contribution in [0.5, 0.6) is 0 Å². The van der Waals surface area contributed by atoms with E-state index >= 15 is 0 Å². The topological polar surface area (TPSA) is 0 Å². The number of hydrogen-bond donors (Lipinski definition) is 0. The van der Waals surface area contributed by atoms with Crippen molar-refractivity contribution in [3.8, 4) is 0 Å². The van der Waals surface area contributed by atoms with Crippen LogP contribution in [0.4, 0.5) is 0 Å². The van der Waals surface area contributed by atoms with Crippen molar-refractivity contribution in [1.29, 1.82) is 0 Å². The predicted octanol–water partition coefficient (Wildman–Crippen LogP) is 7.98. The third-order valence-electron chi connectivity index (χ3n) is 8.65. The van der Waals surface area contributed by atoms with E-state index in [0.717, 1.165) is 0 Å². The summed E-state index contributed by atoms with van der Waals surface area (Å²) in [6, 6.07) is 18.8. The van der Waals surface area contributed by atoms with Gasteiger partial charge in [0.15, 0.2) is 0 Å². The Bertz CT molecular complexity index is 1610.